The Morgan fingerprint density at radius 2 is 2.12 bits per heavy atom. The Bertz CT molecular complexity index is 464. The Hall–Kier alpha value is -1.36. The smallest absolute Gasteiger partial charge is 0.178 e. The van der Waals surface area contributed by atoms with Gasteiger partial charge in [0, 0.05) is 5.41 Å². The Morgan fingerprint density at radius 3 is 2.71 bits per heavy atom. The fourth-order valence-corrected chi connectivity index (χ4v) is 3.75. The van der Waals surface area contributed by atoms with Crippen molar-refractivity contribution in [1.82, 2.24) is 0 Å². The Kier molecular flexibility index (Phi) is 2.54. The lowest BCUT2D eigenvalue weighted by atomic mass is 9.52. The molecule has 2 atom stereocenters. The molecular formula is C15H19NO. The molecule has 2 heteroatoms. The maximum Gasteiger partial charge on any atom is 0.178 e. The van der Waals surface area contributed by atoms with Gasteiger partial charge >= 0.3 is 0 Å². The van der Waals surface area contributed by atoms with Gasteiger partial charge in [0.2, 0.25) is 0 Å². The minimum Gasteiger partial charge on any atom is -0.293 e. The van der Waals surface area contributed by atoms with Gasteiger partial charge in [0.05, 0.1) is 5.57 Å². The first-order valence-corrected chi connectivity index (χ1v) is 6.15. The number of fused-ring (bicyclic) bond motifs is 1. The molecule has 0 unspecified atom stereocenters. The van der Waals surface area contributed by atoms with Crippen molar-refractivity contribution in [3.8, 4) is 6.07 Å². The van der Waals surface area contributed by atoms with Gasteiger partial charge in [-0.1, -0.05) is 39.0 Å². The number of hydrogen-bond donors (Lipinski definition) is 0. The first kappa shape index (κ1) is 12.1. The number of hydrogen-bond acceptors (Lipinski definition) is 2. The van der Waals surface area contributed by atoms with Gasteiger partial charge in [0.15, 0.2) is 5.78 Å². The van der Waals surface area contributed by atoms with Gasteiger partial charge in [-0.05, 0) is 30.6 Å². The molecule has 2 aliphatic carbocycles. The van der Waals surface area contributed by atoms with Gasteiger partial charge in [0.1, 0.15) is 6.07 Å². The molecule has 2 nitrogen and oxygen atoms in total. The molecule has 17 heavy (non-hydrogen) atoms. The molecule has 0 bridgehead atoms. The third-order valence-corrected chi connectivity index (χ3v) is 4.51. The van der Waals surface area contributed by atoms with Crippen molar-refractivity contribution in [2.24, 2.45) is 16.7 Å². The Balaban J connectivity index is 2.55. The summed E-state index contributed by atoms with van der Waals surface area (Å²) in [5.41, 5.74) is 1.08. The number of nitrogens with zero attached hydrogens (tertiary/aromatic N) is 1. The van der Waals surface area contributed by atoms with Crippen LogP contribution in [-0.2, 0) is 4.79 Å². The average Bonchev–Trinajstić information content (AvgIpc) is 2.23. The predicted molar refractivity (Wildman–Crippen MR) is 67.1 cm³/mol. The fourth-order valence-electron chi connectivity index (χ4n) is 3.75. The van der Waals surface area contributed by atoms with Crippen molar-refractivity contribution in [2.75, 3.05) is 0 Å². The SMILES string of the molecule is C=C1CC[C@H]2C(C)(C)C(=O)C(C#N)=C[C@@]2(C)C1. The number of allylic oxidation sites excluding steroid dienone is 3. The molecule has 0 aromatic rings. The quantitative estimate of drug-likeness (QED) is 0.597. The van der Waals surface area contributed by atoms with Gasteiger partial charge < -0.3 is 0 Å². The van der Waals surface area contributed by atoms with Crippen LogP contribution >= 0.6 is 0 Å². The largest absolute Gasteiger partial charge is 0.293 e. The molecule has 0 aromatic carbocycles. The number of Topliss-reactive ketones (excluding diaryl/α,β-unsaturated/α-hetero) is 1. The third kappa shape index (κ3) is 1.65. The van der Waals surface area contributed by atoms with Gasteiger partial charge in [-0.15, -0.1) is 0 Å². The molecule has 90 valence electrons. The van der Waals surface area contributed by atoms with E-state index >= 15 is 0 Å². The molecule has 0 aromatic heterocycles. The van der Waals surface area contributed by atoms with Crippen LogP contribution < -0.4 is 0 Å². The molecule has 0 N–H and O–H groups in total. The predicted octanol–water partition coefficient (Wildman–Crippen LogP) is 3.41. The second-order valence-electron chi connectivity index (χ2n) is 6.24. The zero-order chi connectivity index (χ0) is 12.8. The molecule has 0 spiro atoms. The van der Waals surface area contributed by atoms with E-state index < -0.39 is 5.41 Å². The van der Waals surface area contributed by atoms with Crippen molar-refractivity contribution in [3.63, 3.8) is 0 Å². The van der Waals surface area contributed by atoms with Gasteiger partial charge in [0.25, 0.3) is 0 Å². The molecule has 2 rings (SSSR count). The third-order valence-electron chi connectivity index (χ3n) is 4.51. The Morgan fingerprint density at radius 1 is 1.47 bits per heavy atom. The van der Waals surface area contributed by atoms with Crippen molar-refractivity contribution >= 4 is 5.78 Å². The molecular weight excluding hydrogens is 210 g/mol. The molecule has 1 saturated carbocycles. The van der Waals surface area contributed by atoms with E-state index in [9.17, 15) is 4.79 Å². The summed E-state index contributed by atoms with van der Waals surface area (Å²) in [4.78, 5) is 12.2. The molecule has 0 saturated heterocycles. The van der Waals surface area contributed by atoms with Crippen molar-refractivity contribution in [2.45, 2.75) is 40.0 Å². The summed E-state index contributed by atoms with van der Waals surface area (Å²) >= 11 is 0. The normalized spacial score (nSPS) is 35.9. The molecule has 1 fully saturated rings. The highest BCUT2D eigenvalue weighted by molar-refractivity contribution is 6.04. The van der Waals surface area contributed by atoms with Crippen molar-refractivity contribution < 1.29 is 4.79 Å². The second kappa shape index (κ2) is 3.57. The molecule has 0 heterocycles. The van der Waals surface area contributed by atoms with Gasteiger partial charge in [-0.2, -0.15) is 5.26 Å². The lowest BCUT2D eigenvalue weighted by Gasteiger charge is -2.50. The average molecular weight is 229 g/mol. The zero-order valence-corrected chi connectivity index (χ0v) is 10.8. The van der Waals surface area contributed by atoms with Crippen molar-refractivity contribution in [3.05, 3.63) is 23.8 Å². The van der Waals surface area contributed by atoms with Crippen LogP contribution in [0.15, 0.2) is 23.8 Å². The number of carbonyl (C=O) groups excluding carboxylic acids is 1. The maximum absolute atomic E-state index is 12.2. The topological polar surface area (TPSA) is 40.9 Å². The van der Waals surface area contributed by atoms with E-state index in [0.29, 0.717) is 11.5 Å². The lowest BCUT2D eigenvalue weighted by molar-refractivity contribution is -0.130. The van der Waals surface area contributed by atoms with E-state index in [0.717, 1.165) is 19.3 Å². The van der Waals surface area contributed by atoms with Gasteiger partial charge in [-0.25, -0.2) is 0 Å². The number of rotatable bonds is 0. The summed E-state index contributed by atoms with van der Waals surface area (Å²) < 4.78 is 0. The van der Waals surface area contributed by atoms with E-state index in [-0.39, 0.29) is 11.2 Å². The van der Waals surface area contributed by atoms with Crippen LogP contribution in [0.5, 0.6) is 0 Å². The van der Waals surface area contributed by atoms with E-state index in [1.807, 2.05) is 19.9 Å². The summed E-state index contributed by atoms with van der Waals surface area (Å²) in [5, 5.41) is 9.10. The van der Waals surface area contributed by atoms with Crippen LogP contribution in [0, 0.1) is 28.1 Å². The van der Waals surface area contributed by atoms with E-state index in [1.165, 1.54) is 5.57 Å². The van der Waals surface area contributed by atoms with Crippen LogP contribution in [0.1, 0.15) is 40.0 Å². The second-order valence-corrected chi connectivity index (χ2v) is 6.24. The number of ketones is 1. The molecule has 2 aliphatic rings. The number of nitriles is 1. The summed E-state index contributed by atoms with van der Waals surface area (Å²) in [5.74, 6) is 0.333. The van der Waals surface area contributed by atoms with Crippen LogP contribution in [0.2, 0.25) is 0 Å². The monoisotopic (exact) mass is 229 g/mol. The highest BCUT2D eigenvalue weighted by atomic mass is 16.1. The van der Waals surface area contributed by atoms with Gasteiger partial charge in [-0.3, -0.25) is 4.79 Å². The van der Waals surface area contributed by atoms with Crippen LogP contribution in [0.4, 0.5) is 0 Å². The standard InChI is InChI=1S/C15H19NO/c1-10-5-6-12-14(2,3)13(17)11(9-16)8-15(12,4)7-10/h8,12H,1,5-7H2,2-4H3/t12-,15+/m0/s1. The zero-order valence-electron chi connectivity index (χ0n) is 10.8. The van der Waals surface area contributed by atoms with E-state index in [4.69, 9.17) is 5.26 Å². The number of carbonyl (C=O) groups is 1. The summed E-state index contributed by atoms with van der Waals surface area (Å²) in [6.07, 6.45) is 4.81. The molecule has 0 radical (unpaired) electrons. The minimum atomic E-state index is -0.421. The highest BCUT2D eigenvalue weighted by Gasteiger charge is 2.52. The lowest BCUT2D eigenvalue weighted by Crippen LogP contribution is -2.48. The van der Waals surface area contributed by atoms with Crippen LogP contribution in [-0.4, -0.2) is 5.78 Å². The Labute approximate surface area is 103 Å². The minimum absolute atomic E-state index is 0.00925. The molecule has 0 amide bonds. The highest BCUT2D eigenvalue weighted by Crippen LogP contribution is 2.55. The first-order valence-electron chi connectivity index (χ1n) is 6.15. The molecule has 0 aliphatic heterocycles. The van der Waals surface area contributed by atoms with E-state index in [2.05, 4.69) is 19.6 Å². The summed E-state index contributed by atoms with van der Waals surface area (Å²) in [7, 11) is 0. The van der Waals surface area contributed by atoms with Crippen LogP contribution in [0.3, 0.4) is 0 Å². The van der Waals surface area contributed by atoms with Crippen LogP contribution in [0.25, 0.3) is 0 Å². The summed E-state index contributed by atoms with van der Waals surface area (Å²) in [6.45, 7) is 10.2. The first-order chi connectivity index (χ1) is 7.81. The van der Waals surface area contributed by atoms with E-state index in [1.54, 1.807) is 0 Å². The summed E-state index contributed by atoms with van der Waals surface area (Å²) in [6, 6.07) is 2.06. The fraction of sp³-hybridized carbons (Fsp3) is 0.600. The maximum atomic E-state index is 12.2. The van der Waals surface area contributed by atoms with Crippen molar-refractivity contribution in [1.29, 1.82) is 5.26 Å².